The minimum atomic E-state index is -0.902. The van der Waals surface area contributed by atoms with E-state index in [1.54, 1.807) is 12.1 Å². The number of hydrogen-bond acceptors (Lipinski definition) is 0. The van der Waals surface area contributed by atoms with Crippen molar-refractivity contribution in [1.82, 2.24) is 0 Å². The summed E-state index contributed by atoms with van der Waals surface area (Å²) in [5.74, 6) is -0.403. The van der Waals surface area contributed by atoms with Crippen LogP contribution in [0.4, 0.5) is 8.78 Å². The van der Waals surface area contributed by atoms with Crippen molar-refractivity contribution in [2.24, 2.45) is 0 Å². The summed E-state index contributed by atoms with van der Waals surface area (Å²) in [6, 6.07) is 26.0. The Labute approximate surface area is 232 Å². The van der Waals surface area contributed by atoms with Gasteiger partial charge < -0.3 is 0 Å². The number of halogens is 6. The van der Waals surface area contributed by atoms with E-state index in [1.807, 2.05) is 24.3 Å². The molecule has 0 spiro atoms. The Kier molecular flexibility index (Phi) is 8.82. The van der Waals surface area contributed by atoms with Gasteiger partial charge in [-0.1, -0.05) is 0 Å². The van der Waals surface area contributed by atoms with Crippen LogP contribution in [0.1, 0.15) is 11.1 Å². The Bertz CT molecular complexity index is 1250. The molecule has 4 rings (SSSR count). The third-order valence-electron chi connectivity index (χ3n) is 4.53. The fourth-order valence-electron chi connectivity index (χ4n) is 2.84. The van der Waals surface area contributed by atoms with Gasteiger partial charge in [0.1, 0.15) is 0 Å². The maximum atomic E-state index is 14.8. The second-order valence-corrected chi connectivity index (χ2v) is 17.2. The zero-order valence-corrected chi connectivity index (χ0v) is 25.9. The van der Waals surface area contributed by atoms with Crippen molar-refractivity contribution in [3.05, 3.63) is 127 Å². The van der Waals surface area contributed by atoms with E-state index in [9.17, 15) is 8.78 Å². The molecule has 6 heteroatoms. The zero-order chi connectivity index (χ0) is 22.7. The van der Waals surface area contributed by atoms with Gasteiger partial charge in [0, 0.05) is 0 Å². The predicted molar refractivity (Wildman–Crippen MR) is 120 cm³/mol. The molecule has 0 amide bonds. The summed E-state index contributed by atoms with van der Waals surface area (Å²) in [4.78, 5) is 0. The summed E-state index contributed by atoms with van der Waals surface area (Å²) < 4.78 is 36.8. The molecule has 0 saturated heterocycles. The van der Waals surface area contributed by atoms with Crippen LogP contribution in [0.3, 0.4) is 0 Å². The van der Waals surface area contributed by atoms with Crippen LogP contribution < -0.4 is 63.6 Å². The van der Waals surface area contributed by atoms with E-state index in [4.69, 9.17) is 0 Å². The molecule has 0 saturated carbocycles. The molecule has 0 N–H and O–H groups in total. The Balaban J connectivity index is 1.46. The summed E-state index contributed by atoms with van der Waals surface area (Å²) in [5.41, 5.74) is 2.49. The van der Waals surface area contributed by atoms with Gasteiger partial charge in [0.05, 0.1) is 0 Å². The van der Waals surface area contributed by atoms with Crippen LogP contribution in [0.2, 0.25) is 0 Å². The molecule has 0 aliphatic rings. The Morgan fingerprint density at radius 3 is 1.56 bits per heavy atom. The van der Waals surface area contributed by atoms with Gasteiger partial charge in [-0.25, -0.2) is 0 Å². The fraction of sp³-hybridized carbons (Fsp3) is 0.0769. The van der Waals surface area contributed by atoms with Gasteiger partial charge in [-0.15, -0.1) is 0 Å². The SMILES string of the molecule is Cc1ccc([I-]c2ccc([I-]c3ccc([I-]c4ccc(I)c(C)c4)cc3F)c(F)c2)cc1. The molecule has 0 fully saturated rings. The van der Waals surface area contributed by atoms with Crippen molar-refractivity contribution in [2.75, 3.05) is 0 Å². The van der Waals surface area contributed by atoms with Gasteiger partial charge in [-0.3, -0.25) is 0 Å². The quantitative estimate of drug-likeness (QED) is 0.150. The monoisotopic (exact) mass is 877 g/mol. The van der Waals surface area contributed by atoms with E-state index in [0.717, 1.165) is 7.14 Å². The molecule has 32 heavy (non-hydrogen) atoms. The van der Waals surface area contributed by atoms with Crippen molar-refractivity contribution in [1.29, 1.82) is 0 Å². The molecule has 0 nitrogen and oxygen atoms in total. The second kappa shape index (κ2) is 11.4. The summed E-state index contributed by atoms with van der Waals surface area (Å²) >= 11 is 0.584. The molecular weight excluding hydrogens is 858 g/mol. The predicted octanol–water partition coefficient (Wildman–Crippen LogP) is -2.43. The molecule has 4 aromatic carbocycles. The van der Waals surface area contributed by atoms with Crippen molar-refractivity contribution < 1.29 is 72.4 Å². The number of hydrogen-bond donors (Lipinski definition) is 0. The summed E-state index contributed by atoms with van der Waals surface area (Å²) in [7, 11) is 0. The van der Waals surface area contributed by atoms with E-state index < -0.39 is 63.6 Å². The number of benzene rings is 4. The van der Waals surface area contributed by atoms with Gasteiger partial charge in [0.2, 0.25) is 0 Å². The van der Waals surface area contributed by atoms with Crippen LogP contribution >= 0.6 is 22.6 Å². The topological polar surface area (TPSA) is 0 Å². The van der Waals surface area contributed by atoms with Gasteiger partial charge in [-0.2, -0.15) is 0 Å². The molecule has 0 aromatic heterocycles. The number of rotatable bonds is 6. The average Bonchev–Trinajstić information content (AvgIpc) is 2.76. The molecule has 0 aliphatic carbocycles. The molecule has 0 unspecified atom stereocenters. The second-order valence-electron chi connectivity index (χ2n) is 7.09. The van der Waals surface area contributed by atoms with Gasteiger partial charge in [0.15, 0.2) is 0 Å². The van der Waals surface area contributed by atoms with Crippen molar-refractivity contribution in [3.63, 3.8) is 0 Å². The molecule has 168 valence electrons. The first kappa shape index (κ1) is 24.8. The molecule has 0 bridgehead atoms. The standard InChI is InChI=1S/C26H19F2I4/c1-16-3-5-18(6-4-16)30-20-8-11-25(22(27)14-20)32-26-12-9-21(15-23(26)28)31-19-7-10-24(29)17(2)13-19/h3-15H,1-2H3/q-3. The molecule has 0 radical (unpaired) electrons. The molecule has 0 aliphatic heterocycles. The van der Waals surface area contributed by atoms with Crippen LogP contribution in [0, 0.1) is 50.5 Å². The van der Waals surface area contributed by atoms with Crippen molar-refractivity contribution >= 4 is 22.6 Å². The van der Waals surface area contributed by atoms with E-state index in [0.29, 0.717) is 7.14 Å². The Morgan fingerprint density at radius 1 is 0.562 bits per heavy atom. The first-order valence-electron chi connectivity index (χ1n) is 9.74. The first-order valence-corrected chi connectivity index (χ1v) is 17.3. The van der Waals surface area contributed by atoms with Crippen LogP contribution in [0.5, 0.6) is 0 Å². The fourth-order valence-corrected chi connectivity index (χ4v) is 10.1. The molecule has 0 heterocycles. The van der Waals surface area contributed by atoms with E-state index in [2.05, 4.69) is 78.9 Å². The third kappa shape index (κ3) is 6.62. The van der Waals surface area contributed by atoms with Gasteiger partial charge in [0.25, 0.3) is 0 Å². The Hall–Kier alpha value is -0.340. The molecular formula is C26H19F2I4-3. The van der Waals surface area contributed by atoms with E-state index in [1.165, 1.54) is 21.8 Å². The van der Waals surface area contributed by atoms with Gasteiger partial charge in [-0.05, 0) is 0 Å². The van der Waals surface area contributed by atoms with Crippen LogP contribution in [-0.4, -0.2) is 0 Å². The third-order valence-corrected chi connectivity index (χ3v) is 13.9. The van der Waals surface area contributed by atoms with Crippen molar-refractivity contribution in [2.45, 2.75) is 13.8 Å². The maximum absolute atomic E-state index is 14.8. The van der Waals surface area contributed by atoms with Crippen LogP contribution in [0.25, 0.3) is 0 Å². The first-order chi connectivity index (χ1) is 15.4. The molecule has 4 aromatic rings. The van der Waals surface area contributed by atoms with Crippen LogP contribution in [-0.2, 0) is 0 Å². The number of aryl methyl sites for hydroxylation is 2. The molecule has 0 atom stereocenters. The normalized spacial score (nSPS) is 11.4. The summed E-state index contributed by atoms with van der Waals surface area (Å²) in [5, 5.41) is 0. The Morgan fingerprint density at radius 2 is 1.03 bits per heavy atom. The van der Waals surface area contributed by atoms with Crippen molar-refractivity contribution in [3.8, 4) is 0 Å². The van der Waals surface area contributed by atoms with Crippen LogP contribution in [0.15, 0.2) is 78.9 Å². The summed E-state index contributed by atoms with van der Waals surface area (Å²) in [6.45, 7) is 4.17. The van der Waals surface area contributed by atoms with E-state index in [-0.39, 0.29) is 11.6 Å². The summed E-state index contributed by atoms with van der Waals surface area (Å²) in [6.07, 6.45) is 0. The van der Waals surface area contributed by atoms with Gasteiger partial charge >= 0.3 is 235 Å². The zero-order valence-electron chi connectivity index (χ0n) is 17.3. The average molecular weight is 877 g/mol. The minimum absolute atomic E-state index is 0.201. The van der Waals surface area contributed by atoms with E-state index >= 15 is 0 Å².